The molecule has 92 valence electrons. The SMILES string of the molecule is [Rb+].c1ccc(P(c2ccccc2)c2ccccc2)cc1. The van der Waals surface area contributed by atoms with E-state index in [1.165, 1.54) is 15.9 Å². The molecule has 3 aromatic carbocycles. The fraction of sp³-hybridized carbons (Fsp3) is 0. The van der Waals surface area contributed by atoms with Gasteiger partial charge in [0, 0.05) is 0 Å². The predicted octanol–water partition coefficient (Wildman–Crippen LogP) is 0.449. The number of hydrogen-bond acceptors (Lipinski definition) is 0. The van der Waals surface area contributed by atoms with Gasteiger partial charge in [0.15, 0.2) is 0 Å². The van der Waals surface area contributed by atoms with Crippen LogP contribution >= 0.6 is 7.92 Å². The molecule has 0 heterocycles. The Balaban J connectivity index is 0.00000147. The Bertz CT molecular complexity index is 529. The zero-order chi connectivity index (χ0) is 12.9. The monoisotopic (exact) mass is 347 g/mol. The molecule has 0 aliphatic heterocycles. The first-order valence-corrected chi connectivity index (χ1v) is 7.74. The van der Waals surface area contributed by atoms with E-state index in [1.54, 1.807) is 0 Å². The molecule has 0 bridgehead atoms. The molecule has 0 unspecified atom stereocenters. The average Bonchev–Trinajstić information content (AvgIpc) is 2.51. The molecule has 0 aliphatic rings. The molecule has 2 heteroatoms. The van der Waals surface area contributed by atoms with Crippen LogP contribution in [0.4, 0.5) is 0 Å². The van der Waals surface area contributed by atoms with E-state index in [0.717, 1.165) is 0 Å². The summed E-state index contributed by atoms with van der Waals surface area (Å²) in [7, 11) is -0.446. The van der Waals surface area contributed by atoms with Crippen LogP contribution in [0.15, 0.2) is 91.0 Å². The van der Waals surface area contributed by atoms with Gasteiger partial charge in [-0.25, -0.2) is 0 Å². The third-order valence-electron chi connectivity index (χ3n) is 3.04. The van der Waals surface area contributed by atoms with Gasteiger partial charge < -0.3 is 0 Å². The summed E-state index contributed by atoms with van der Waals surface area (Å²) < 4.78 is 0. The minimum Gasteiger partial charge on any atom is -0.0622 e. The Morgan fingerprint density at radius 2 is 0.650 bits per heavy atom. The van der Waals surface area contributed by atoms with Gasteiger partial charge in [0.05, 0.1) is 0 Å². The molecule has 0 amide bonds. The van der Waals surface area contributed by atoms with Crippen LogP contribution in [0.2, 0.25) is 0 Å². The van der Waals surface area contributed by atoms with Crippen molar-refractivity contribution in [2.24, 2.45) is 0 Å². The first kappa shape index (κ1) is 16.3. The van der Waals surface area contributed by atoms with Gasteiger partial charge in [0.2, 0.25) is 0 Å². The molecule has 0 saturated heterocycles. The third-order valence-corrected chi connectivity index (χ3v) is 5.49. The largest absolute Gasteiger partial charge is 1.00 e. The minimum absolute atomic E-state index is 0. The first-order chi connectivity index (χ1) is 9.45. The van der Waals surface area contributed by atoms with E-state index in [-0.39, 0.29) is 58.2 Å². The van der Waals surface area contributed by atoms with Crippen molar-refractivity contribution in [3.05, 3.63) is 91.0 Å². The van der Waals surface area contributed by atoms with Crippen molar-refractivity contribution in [3.63, 3.8) is 0 Å². The van der Waals surface area contributed by atoms with Crippen LogP contribution in [0, 0.1) is 0 Å². The van der Waals surface area contributed by atoms with Gasteiger partial charge in [-0.2, -0.15) is 0 Å². The summed E-state index contributed by atoms with van der Waals surface area (Å²) in [4.78, 5) is 0. The maximum absolute atomic E-state index is 2.23. The van der Waals surface area contributed by atoms with E-state index in [9.17, 15) is 0 Å². The topological polar surface area (TPSA) is 0 Å². The van der Waals surface area contributed by atoms with E-state index >= 15 is 0 Å². The summed E-state index contributed by atoms with van der Waals surface area (Å²) >= 11 is 0. The van der Waals surface area contributed by atoms with Gasteiger partial charge in [0.1, 0.15) is 0 Å². The molecule has 0 radical (unpaired) electrons. The van der Waals surface area contributed by atoms with Crippen LogP contribution in [-0.2, 0) is 0 Å². The van der Waals surface area contributed by atoms with Crippen molar-refractivity contribution < 1.29 is 58.2 Å². The summed E-state index contributed by atoms with van der Waals surface area (Å²) in [5.41, 5.74) is 0. The van der Waals surface area contributed by atoms with Crippen molar-refractivity contribution >= 4 is 23.8 Å². The first-order valence-electron chi connectivity index (χ1n) is 6.40. The summed E-state index contributed by atoms with van der Waals surface area (Å²) in [6, 6.07) is 32.3. The molecular formula is C18H15PRb+. The van der Waals surface area contributed by atoms with E-state index in [2.05, 4.69) is 91.0 Å². The smallest absolute Gasteiger partial charge is 0.0622 e. The van der Waals surface area contributed by atoms with Crippen molar-refractivity contribution in [3.8, 4) is 0 Å². The van der Waals surface area contributed by atoms with Crippen LogP contribution < -0.4 is 74.1 Å². The number of rotatable bonds is 3. The Kier molecular flexibility index (Phi) is 6.80. The van der Waals surface area contributed by atoms with Gasteiger partial charge in [-0.3, -0.25) is 0 Å². The molecule has 0 nitrogen and oxygen atoms in total. The second kappa shape index (κ2) is 8.37. The van der Waals surface area contributed by atoms with Gasteiger partial charge in [-0.15, -0.1) is 0 Å². The van der Waals surface area contributed by atoms with Gasteiger partial charge in [-0.05, 0) is 23.8 Å². The molecule has 20 heavy (non-hydrogen) atoms. The molecule has 0 N–H and O–H groups in total. The molecule has 0 atom stereocenters. The number of benzene rings is 3. The molecule has 3 rings (SSSR count). The Hall–Kier alpha value is -0.105. The zero-order valence-corrected chi connectivity index (χ0v) is 17.4. The van der Waals surface area contributed by atoms with E-state index in [4.69, 9.17) is 0 Å². The second-order valence-corrected chi connectivity index (χ2v) is 6.56. The summed E-state index contributed by atoms with van der Waals surface area (Å²) in [5.74, 6) is 0. The Morgan fingerprint density at radius 3 is 0.900 bits per heavy atom. The van der Waals surface area contributed by atoms with Crippen molar-refractivity contribution in [2.45, 2.75) is 0 Å². The van der Waals surface area contributed by atoms with Crippen molar-refractivity contribution in [1.29, 1.82) is 0 Å². The molecule has 0 aromatic heterocycles. The maximum Gasteiger partial charge on any atom is 1.00 e. The van der Waals surface area contributed by atoms with Crippen molar-refractivity contribution in [1.82, 2.24) is 0 Å². The maximum atomic E-state index is 2.23. The predicted molar refractivity (Wildman–Crippen MR) is 85.1 cm³/mol. The molecule has 0 fully saturated rings. The van der Waals surface area contributed by atoms with Crippen LogP contribution in [-0.4, -0.2) is 0 Å². The van der Waals surface area contributed by atoms with Crippen LogP contribution in [0.5, 0.6) is 0 Å². The standard InChI is InChI=1S/C18H15P.Rb/c1-4-10-16(11-5-1)19(17-12-6-2-7-13-17)18-14-8-3-9-15-18;/h1-15H;/q;+1. The molecule has 0 saturated carbocycles. The second-order valence-electron chi connectivity index (χ2n) is 4.34. The van der Waals surface area contributed by atoms with E-state index in [0.29, 0.717) is 0 Å². The van der Waals surface area contributed by atoms with Crippen molar-refractivity contribution in [2.75, 3.05) is 0 Å². The summed E-state index contributed by atoms with van der Waals surface area (Å²) in [6.45, 7) is 0. The molecular weight excluding hydrogens is 333 g/mol. The average molecular weight is 348 g/mol. The summed E-state index contributed by atoms with van der Waals surface area (Å²) in [6.07, 6.45) is 0. The van der Waals surface area contributed by atoms with E-state index in [1.807, 2.05) is 0 Å². The van der Waals surface area contributed by atoms with Gasteiger partial charge in [-0.1, -0.05) is 91.0 Å². The quantitative estimate of drug-likeness (QED) is 0.604. The Morgan fingerprint density at radius 1 is 0.400 bits per heavy atom. The Labute approximate surface area is 170 Å². The van der Waals surface area contributed by atoms with Gasteiger partial charge in [0.25, 0.3) is 0 Å². The van der Waals surface area contributed by atoms with Crippen LogP contribution in [0.3, 0.4) is 0 Å². The fourth-order valence-corrected chi connectivity index (χ4v) is 4.48. The minimum atomic E-state index is -0.446. The van der Waals surface area contributed by atoms with Crippen LogP contribution in [0.1, 0.15) is 0 Å². The molecule has 0 spiro atoms. The molecule has 3 aromatic rings. The zero-order valence-electron chi connectivity index (χ0n) is 11.6. The number of hydrogen-bond donors (Lipinski definition) is 0. The normalized spacial score (nSPS) is 10.1. The van der Waals surface area contributed by atoms with Gasteiger partial charge >= 0.3 is 58.2 Å². The summed E-state index contributed by atoms with van der Waals surface area (Å²) in [5, 5.41) is 4.19. The van der Waals surface area contributed by atoms with E-state index < -0.39 is 7.92 Å². The van der Waals surface area contributed by atoms with Crippen LogP contribution in [0.25, 0.3) is 0 Å². The third kappa shape index (κ3) is 3.96. The molecule has 0 aliphatic carbocycles. The fourth-order valence-electron chi connectivity index (χ4n) is 2.18.